The molecule has 0 atom stereocenters. The quantitative estimate of drug-likeness (QED) is 0.0647. The molecule has 0 saturated carbocycles. The third-order valence-electron chi connectivity index (χ3n) is 10.1. The molecule has 0 bridgehead atoms. The van der Waals surface area contributed by atoms with Crippen LogP contribution >= 0.6 is 0 Å². The van der Waals surface area contributed by atoms with Crippen molar-refractivity contribution in [3.63, 3.8) is 0 Å². The second-order valence-electron chi connectivity index (χ2n) is 16.2. The zero-order chi connectivity index (χ0) is 35.6. The fourth-order valence-electron chi connectivity index (χ4n) is 7.01. The highest BCUT2D eigenvalue weighted by atomic mass is 16.6. The van der Waals surface area contributed by atoms with E-state index in [1.807, 2.05) is 20.8 Å². The van der Waals surface area contributed by atoms with Gasteiger partial charge in [0.2, 0.25) is 5.91 Å². The number of unbranched alkanes of at least 4 members (excludes halogenated alkanes) is 30. The summed E-state index contributed by atoms with van der Waals surface area (Å²) in [4.78, 5) is 25.6. The minimum atomic E-state index is -1.02. The highest BCUT2D eigenvalue weighted by Crippen LogP contribution is 2.25. The first-order valence-corrected chi connectivity index (χ1v) is 21.5. The molecule has 0 rings (SSSR count). The van der Waals surface area contributed by atoms with Crippen LogP contribution in [0.1, 0.15) is 253 Å². The molecule has 0 aliphatic rings. The Morgan fingerprint density at radius 3 is 0.875 bits per heavy atom. The molecular formula is C43H86N2O3. The highest BCUT2D eigenvalue weighted by Gasteiger charge is 2.38. The number of hydrogen-bond donors (Lipinski definition) is 2. The van der Waals surface area contributed by atoms with Crippen LogP contribution in [0.3, 0.4) is 0 Å². The number of amides is 2. The molecule has 5 heteroatoms. The molecule has 0 heterocycles. The van der Waals surface area contributed by atoms with Gasteiger partial charge in [0.15, 0.2) is 0 Å². The lowest BCUT2D eigenvalue weighted by Gasteiger charge is -2.33. The van der Waals surface area contributed by atoms with Crippen LogP contribution in [0.25, 0.3) is 0 Å². The van der Waals surface area contributed by atoms with Crippen LogP contribution in [0.4, 0.5) is 4.79 Å². The maximum absolute atomic E-state index is 12.9. The number of hydrogen-bond acceptors (Lipinski definition) is 3. The lowest BCUT2D eigenvalue weighted by Crippen LogP contribution is -2.58. The first-order valence-electron chi connectivity index (χ1n) is 21.5. The van der Waals surface area contributed by atoms with E-state index in [1.165, 1.54) is 180 Å². The third-order valence-corrected chi connectivity index (χ3v) is 10.1. The Morgan fingerprint density at radius 1 is 0.438 bits per heavy atom. The first kappa shape index (κ1) is 46.7. The van der Waals surface area contributed by atoms with Gasteiger partial charge < -0.3 is 15.8 Å². The first-order chi connectivity index (χ1) is 23.2. The Kier molecular flexibility index (Phi) is 32.1. The summed E-state index contributed by atoms with van der Waals surface area (Å²) in [5.74, 6) is -0.421. The number of nitrogens with one attached hydrogen (secondary N) is 1. The summed E-state index contributed by atoms with van der Waals surface area (Å²) in [7, 11) is 0. The second kappa shape index (κ2) is 32.9. The molecule has 0 aromatic rings. The Balaban J connectivity index is 4.24. The van der Waals surface area contributed by atoms with Crippen molar-refractivity contribution in [1.82, 2.24) is 5.32 Å². The van der Waals surface area contributed by atoms with Gasteiger partial charge in [0.1, 0.15) is 11.1 Å². The molecule has 0 aromatic carbocycles. The van der Waals surface area contributed by atoms with Gasteiger partial charge in [-0.05, 0) is 33.6 Å². The number of alkyl carbamates (subject to hydrolysis) is 1. The van der Waals surface area contributed by atoms with E-state index in [1.54, 1.807) is 0 Å². The molecule has 0 aliphatic carbocycles. The number of carbonyl (C=O) groups excluding carboxylic acids is 2. The van der Waals surface area contributed by atoms with Crippen molar-refractivity contribution in [3.8, 4) is 0 Å². The standard InChI is InChI=1S/C43H86N2O3/c1-6-8-10-12-14-16-18-20-22-24-26-28-30-32-34-36-38-43(40(44)46,45-41(47)48-42(3,4)5)39-37-35-33-31-29-27-25-23-21-19-17-15-13-11-9-7-2/h6-39H2,1-5H3,(H2,44,46)(H,45,47). The van der Waals surface area contributed by atoms with Crippen LogP contribution in [0.2, 0.25) is 0 Å². The second-order valence-corrected chi connectivity index (χ2v) is 16.2. The molecule has 0 radical (unpaired) electrons. The molecule has 286 valence electrons. The van der Waals surface area contributed by atoms with Gasteiger partial charge in [-0.2, -0.15) is 0 Å². The van der Waals surface area contributed by atoms with E-state index in [9.17, 15) is 9.59 Å². The molecular weight excluding hydrogens is 592 g/mol. The lowest BCUT2D eigenvalue weighted by atomic mass is 9.85. The van der Waals surface area contributed by atoms with Crippen molar-refractivity contribution in [2.24, 2.45) is 5.73 Å². The van der Waals surface area contributed by atoms with Crippen molar-refractivity contribution < 1.29 is 14.3 Å². The number of carbonyl (C=O) groups is 2. The summed E-state index contributed by atoms with van der Waals surface area (Å²) in [5, 5.41) is 2.96. The fraction of sp³-hybridized carbons (Fsp3) is 0.953. The van der Waals surface area contributed by atoms with E-state index in [0.717, 1.165) is 25.7 Å². The lowest BCUT2D eigenvalue weighted by molar-refractivity contribution is -0.125. The smallest absolute Gasteiger partial charge is 0.408 e. The van der Waals surface area contributed by atoms with E-state index in [-0.39, 0.29) is 0 Å². The van der Waals surface area contributed by atoms with E-state index >= 15 is 0 Å². The third kappa shape index (κ3) is 30.8. The Morgan fingerprint density at radius 2 is 0.667 bits per heavy atom. The minimum absolute atomic E-state index is 0.421. The van der Waals surface area contributed by atoms with E-state index < -0.39 is 23.1 Å². The fourth-order valence-corrected chi connectivity index (χ4v) is 7.01. The Hall–Kier alpha value is -1.26. The predicted molar refractivity (Wildman–Crippen MR) is 210 cm³/mol. The van der Waals surface area contributed by atoms with Crippen LogP contribution < -0.4 is 11.1 Å². The number of ether oxygens (including phenoxy) is 1. The Labute approximate surface area is 300 Å². The van der Waals surface area contributed by atoms with E-state index in [4.69, 9.17) is 10.5 Å². The van der Waals surface area contributed by atoms with Gasteiger partial charge in [-0.25, -0.2) is 4.79 Å². The van der Waals surface area contributed by atoms with Gasteiger partial charge in [0.05, 0.1) is 0 Å². The molecule has 0 aliphatic heterocycles. The summed E-state index contributed by atoms with van der Waals surface area (Å²) < 4.78 is 5.55. The predicted octanol–water partition coefficient (Wildman–Crippen LogP) is 14.0. The van der Waals surface area contributed by atoms with Crippen LogP contribution in [0.15, 0.2) is 0 Å². The molecule has 0 saturated heterocycles. The summed E-state index contributed by atoms with van der Waals surface area (Å²) >= 11 is 0. The average molecular weight is 679 g/mol. The van der Waals surface area contributed by atoms with Crippen LogP contribution in [-0.4, -0.2) is 23.1 Å². The molecule has 0 spiro atoms. The van der Waals surface area contributed by atoms with Crippen molar-refractivity contribution in [2.75, 3.05) is 0 Å². The van der Waals surface area contributed by atoms with Gasteiger partial charge in [-0.15, -0.1) is 0 Å². The molecule has 0 fully saturated rings. The molecule has 0 unspecified atom stereocenters. The minimum Gasteiger partial charge on any atom is -0.444 e. The SMILES string of the molecule is CCCCCCCCCCCCCCCCCCC(CCCCCCCCCCCCCCCCCC)(NC(=O)OC(C)(C)C)C(N)=O. The summed E-state index contributed by atoms with van der Waals surface area (Å²) in [6.07, 6.45) is 42.6. The molecule has 3 N–H and O–H groups in total. The van der Waals surface area contributed by atoms with Crippen LogP contribution in [-0.2, 0) is 9.53 Å². The monoisotopic (exact) mass is 679 g/mol. The van der Waals surface area contributed by atoms with E-state index in [0.29, 0.717) is 12.8 Å². The zero-order valence-corrected chi connectivity index (χ0v) is 33.3. The normalized spacial score (nSPS) is 12.0. The zero-order valence-electron chi connectivity index (χ0n) is 33.3. The Bertz CT molecular complexity index is 681. The summed E-state index contributed by atoms with van der Waals surface area (Å²) in [6.45, 7) is 10.1. The molecule has 48 heavy (non-hydrogen) atoms. The van der Waals surface area contributed by atoms with Gasteiger partial charge in [-0.3, -0.25) is 4.79 Å². The van der Waals surface area contributed by atoms with Gasteiger partial charge in [0.25, 0.3) is 0 Å². The van der Waals surface area contributed by atoms with Crippen molar-refractivity contribution >= 4 is 12.0 Å². The van der Waals surface area contributed by atoms with Gasteiger partial charge in [0, 0.05) is 0 Å². The van der Waals surface area contributed by atoms with Crippen molar-refractivity contribution in [3.05, 3.63) is 0 Å². The van der Waals surface area contributed by atoms with E-state index in [2.05, 4.69) is 19.2 Å². The summed E-state index contributed by atoms with van der Waals surface area (Å²) in [5.41, 5.74) is 4.37. The average Bonchev–Trinajstić information content (AvgIpc) is 3.03. The largest absolute Gasteiger partial charge is 0.444 e. The number of primary amides is 1. The van der Waals surface area contributed by atoms with Crippen molar-refractivity contribution in [1.29, 1.82) is 0 Å². The van der Waals surface area contributed by atoms with Crippen LogP contribution in [0, 0.1) is 0 Å². The molecule has 2 amide bonds. The highest BCUT2D eigenvalue weighted by molar-refractivity contribution is 5.88. The molecule has 0 aromatic heterocycles. The van der Waals surface area contributed by atoms with Gasteiger partial charge >= 0.3 is 6.09 Å². The summed E-state index contributed by atoms with van der Waals surface area (Å²) in [6, 6.07) is 0. The topological polar surface area (TPSA) is 81.4 Å². The number of nitrogens with two attached hydrogens (primary N) is 1. The van der Waals surface area contributed by atoms with Gasteiger partial charge in [-0.1, -0.05) is 219 Å². The van der Waals surface area contributed by atoms with Crippen molar-refractivity contribution in [2.45, 2.75) is 264 Å². The van der Waals surface area contributed by atoms with Crippen LogP contribution in [0.5, 0.6) is 0 Å². The number of rotatable bonds is 36. The molecule has 5 nitrogen and oxygen atoms in total. The maximum atomic E-state index is 12.9. The maximum Gasteiger partial charge on any atom is 0.408 e.